The van der Waals surface area contributed by atoms with E-state index in [0.717, 1.165) is 5.56 Å². The first kappa shape index (κ1) is 20.6. The second-order valence-electron chi connectivity index (χ2n) is 6.33. The highest BCUT2D eigenvalue weighted by Gasteiger charge is 2.17. The van der Waals surface area contributed by atoms with Crippen molar-refractivity contribution < 1.29 is 9.72 Å². The standard InChI is InChI=1S/C20H15ClN6O3S/c21-15-5-3-14(4-6-15)19-23-24-20(26(19)25-11-1-2-12-25)31-13-18(28)22-16-7-9-17(10-8-16)27(29)30/h1-12H,13H2,(H,22,28). The number of thioether (sulfide) groups is 1. The van der Waals surface area contributed by atoms with Gasteiger partial charge in [0.15, 0.2) is 5.82 Å². The van der Waals surface area contributed by atoms with Crippen LogP contribution in [0.3, 0.4) is 0 Å². The van der Waals surface area contributed by atoms with Crippen molar-refractivity contribution in [2.75, 3.05) is 11.1 Å². The van der Waals surface area contributed by atoms with Crippen molar-refractivity contribution in [1.82, 2.24) is 19.5 Å². The molecule has 0 fully saturated rings. The van der Waals surface area contributed by atoms with E-state index in [4.69, 9.17) is 11.6 Å². The van der Waals surface area contributed by atoms with E-state index in [1.54, 1.807) is 16.8 Å². The first-order chi connectivity index (χ1) is 15.0. The first-order valence-corrected chi connectivity index (χ1v) is 10.4. The number of amides is 1. The molecule has 156 valence electrons. The molecule has 0 spiro atoms. The molecule has 0 aliphatic carbocycles. The van der Waals surface area contributed by atoms with Crippen LogP contribution in [0, 0.1) is 10.1 Å². The maximum Gasteiger partial charge on any atom is 0.269 e. The van der Waals surface area contributed by atoms with Crippen LogP contribution in [0.4, 0.5) is 11.4 Å². The number of halogens is 1. The van der Waals surface area contributed by atoms with Crippen molar-refractivity contribution in [1.29, 1.82) is 0 Å². The lowest BCUT2D eigenvalue weighted by Gasteiger charge is -2.11. The Morgan fingerprint density at radius 1 is 1.06 bits per heavy atom. The molecule has 31 heavy (non-hydrogen) atoms. The number of non-ortho nitro benzene ring substituents is 1. The molecular formula is C20H15ClN6O3S. The zero-order valence-electron chi connectivity index (χ0n) is 15.9. The van der Waals surface area contributed by atoms with Gasteiger partial charge in [-0.3, -0.25) is 19.6 Å². The van der Waals surface area contributed by atoms with Gasteiger partial charge in [-0.2, -0.15) is 0 Å². The molecule has 0 radical (unpaired) electrons. The topological polar surface area (TPSA) is 108 Å². The molecule has 4 aromatic rings. The second kappa shape index (κ2) is 9.02. The van der Waals surface area contributed by atoms with E-state index in [0.29, 0.717) is 21.7 Å². The van der Waals surface area contributed by atoms with E-state index in [2.05, 4.69) is 15.5 Å². The summed E-state index contributed by atoms with van der Waals surface area (Å²) >= 11 is 7.21. The number of nitro benzene ring substituents is 1. The molecule has 0 aliphatic rings. The Labute approximate surface area is 185 Å². The van der Waals surface area contributed by atoms with Crippen LogP contribution in [0.25, 0.3) is 11.4 Å². The SMILES string of the molecule is O=C(CSc1nnc(-c2ccc(Cl)cc2)n1-n1cccc1)Nc1ccc([N+](=O)[O-])cc1. The number of benzene rings is 2. The lowest BCUT2D eigenvalue weighted by molar-refractivity contribution is -0.384. The van der Waals surface area contributed by atoms with E-state index in [1.165, 1.54) is 36.0 Å². The van der Waals surface area contributed by atoms with Crippen LogP contribution >= 0.6 is 23.4 Å². The van der Waals surface area contributed by atoms with E-state index in [9.17, 15) is 14.9 Å². The minimum atomic E-state index is -0.492. The third kappa shape index (κ3) is 4.76. The summed E-state index contributed by atoms with van der Waals surface area (Å²) in [6.45, 7) is 0. The maximum atomic E-state index is 12.4. The molecule has 0 saturated carbocycles. The predicted molar refractivity (Wildman–Crippen MR) is 118 cm³/mol. The van der Waals surface area contributed by atoms with Crippen LogP contribution in [-0.4, -0.2) is 36.1 Å². The average molecular weight is 455 g/mol. The summed E-state index contributed by atoms with van der Waals surface area (Å²) < 4.78 is 3.62. The van der Waals surface area contributed by atoms with Gasteiger partial charge in [-0.1, -0.05) is 23.4 Å². The van der Waals surface area contributed by atoms with Gasteiger partial charge in [-0.25, -0.2) is 4.68 Å². The minimum Gasteiger partial charge on any atom is -0.325 e. The average Bonchev–Trinajstić information content (AvgIpc) is 3.43. The molecule has 0 saturated heterocycles. The molecule has 2 aromatic heterocycles. The fourth-order valence-electron chi connectivity index (χ4n) is 2.80. The fraction of sp³-hybridized carbons (Fsp3) is 0.0500. The van der Waals surface area contributed by atoms with Crippen molar-refractivity contribution in [2.45, 2.75) is 5.16 Å². The van der Waals surface area contributed by atoms with Crippen molar-refractivity contribution in [3.63, 3.8) is 0 Å². The molecule has 1 amide bonds. The number of nitrogens with one attached hydrogen (secondary N) is 1. The van der Waals surface area contributed by atoms with Crippen molar-refractivity contribution in [2.24, 2.45) is 0 Å². The monoisotopic (exact) mass is 454 g/mol. The van der Waals surface area contributed by atoms with Crippen LogP contribution in [0.2, 0.25) is 5.02 Å². The van der Waals surface area contributed by atoms with E-state index >= 15 is 0 Å². The molecule has 11 heteroatoms. The smallest absolute Gasteiger partial charge is 0.269 e. The molecule has 0 unspecified atom stereocenters. The van der Waals surface area contributed by atoms with Crippen LogP contribution < -0.4 is 5.32 Å². The van der Waals surface area contributed by atoms with Crippen molar-refractivity contribution in [3.05, 3.63) is 88.2 Å². The van der Waals surface area contributed by atoms with Gasteiger partial charge in [-0.05, 0) is 48.5 Å². The van der Waals surface area contributed by atoms with Gasteiger partial charge >= 0.3 is 0 Å². The number of hydrogen-bond acceptors (Lipinski definition) is 6. The lowest BCUT2D eigenvalue weighted by atomic mass is 10.2. The van der Waals surface area contributed by atoms with Crippen LogP contribution in [0.5, 0.6) is 0 Å². The van der Waals surface area contributed by atoms with Gasteiger partial charge in [-0.15, -0.1) is 10.2 Å². The Bertz CT molecular complexity index is 1210. The van der Waals surface area contributed by atoms with Gasteiger partial charge in [0.05, 0.1) is 10.7 Å². The third-order valence-corrected chi connectivity index (χ3v) is 5.40. The Balaban J connectivity index is 1.51. The predicted octanol–water partition coefficient (Wildman–Crippen LogP) is 4.35. The number of nitro groups is 1. The summed E-state index contributed by atoms with van der Waals surface area (Å²) in [4.78, 5) is 22.6. The zero-order valence-corrected chi connectivity index (χ0v) is 17.5. The van der Waals surface area contributed by atoms with Gasteiger partial charge in [0.25, 0.3) is 5.69 Å². The highest BCUT2D eigenvalue weighted by molar-refractivity contribution is 7.99. The van der Waals surface area contributed by atoms with Crippen LogP contribution in [-0.2, 0) is 4.79 Å². The summed E-state index contributed by atoms with van der Waals surface area (Å²) in [5, 5.41) is 23.1. The minimum absolute atomic E-state index is 0.0399. The van der Waals surface area contributed by atoms with E-state index in [-0.39, 0.29) is 17.3 Å². The summed E-state index contributed by atoms with van der Waals surface area (Å²) in [5.74, 6) is 0.414. The Morgan fingerprint density at radius 3 is 2.39 bits per heavy atom. The van der Waals surface area contributed by atoms with E-state index in [1.807, 2.05) is 41.3 Å². The van der Waals surface area contributed by atoms with Gasteiger partial charge in [0.2, 0.25) is 11.1 Å². The largest absolute Gasteiger partial charge is 0.325 e. The first-order valence-electron chi connectivity index (χ1n) is 9.03. The molecule has 0 aliphatic heterocycles. The Hall–Kier alpha value is -3.63. The summed E-state index contributed by atoms with van der Waals surface area (Å²) in [6, 6.07) is 16.6. The molecule has 2 aromatic carbocycles. The second-order valence-corrected chi connectivity index (χ2v) is 7.71. The fourth-order valence-corrected chi connectivity index (χ4v) is 3.65. The number of nitrogens with zero attached hydrogens (tertiary/aromatic N) is 5. The molecule has 9 nitrogen and oxygen atoms in total. The van der Waals surface area contributed by atoms with Crippen molar-refractivity contribution >= 4 is 40.6 Å². The van der Waals surface area contributed by atoms with Crippen molar-refractivity contribution in [3.8, 4) is 11.4 Å². The highest BCUT2D eigenvalue weighted by Crippen LogP contribution is 2.26. The molecular weight excluding hydrogens is 440 g/mol. The maximum absolute atomic E-state index is 12.4. The molecule has 2 heterocycles. The number of rotatable bonds is 7. The highest BCUT2D eigenvalue weighted by atomic mass is 35.5. The quantitative estimate of drug-likeness (QED) is 0.252. The molecule has 4 rings (SSSR count). The van der Waals surface area contributed by atoms with Gasteiger partial charge in [0.1, 0.15) is 0 Å². The molecule has 1 N–H and O–H groups in total. The Kier molecular flexibility index (Phi) is 6.01. The van der Waals surface area contributed by atoms with Crippen LogP contribution in [0.1, 0.15) is 0 Å². The molecule has 0 bridgehead atoms. The number of carbonyl (C=O) groups is 1. The van der Waals surface area contributed by atoms with Gasteiger partial charge < -0.3 is 5.32 Å². The lowest BCUT2D eigenvalue weighted by Crippen LogP contribution is -2.15. The molecule has 0 atom stereocenters. The summed E-state index contributed by atoms with van der Waals surface area (Å²) in [6.07, 6.45) is 3.70. The normalized spacial score (nSPS) is 10.7. The number of carbonyl (C=O) groups excluding carboxylic acids is 1. The van der Waals surface area contributed by atoms with E-state index < -0.39 is 4.92 Å². The zero-order chi connectivity index (χ0) is 21.8. The third-order valence-electron chi connectivity index (χ3n) is 4.23. The summed E-state index contributed by atoms with van der Waals surface area (Å²) in [7, 11) is 0. The number of aromatic nitrogens is 4. The Morgan fingerprint density at radius 2 is 1.74 bits per heavy atom. The summed E-state index contributed by atoms with van der Waals surface area (Å²) in [5.41, 5.74) is 1.26. The van der Waals surface area contributed by atoms with Crippen LogP contribution in [0.15, 0.2) is 78.2 Å². The number of hydrogen-bond donors (Lipinski definition) is 1. The van der Waals surface area contributed by atoms with Gasteiger partial charge in [0, 0.05) is 40.8 Å². The number of anilines is 1.